The molecule has 7 rings (SSSR count). The highest BCUT2D eigenvalue weighted by molar-refractivity contribution is 9.11. The molecule has 13 nitrogen and oxygen atoms in total. The normalized spacial score (nSPS) is 26.6. The molecular formula is C38H45Br2N5O8. The fraction of sp³-hybridized carbons (Fsp3) is 0.553. The van der Waals surface area contributed by atoms with Crippen molar-refractivity contribution in [3.63, 3.8) is 0 Å². The number of nitrogens with zero attached hydrogens (tertiary/aromatic N) is 4. The van der Waals surface area contributed by atoms with Gasteiger partial charge in [0.15, 0.2) is 5.54 Å². The summed E-state index contributed by atoms with van der Waals surface area (Å²) in [5.41, 5.74) is -0.504. The second-order valence-corrected chi connectivity index (χ2v) is 16.5. The van der Waals surface area contributed by atoms with Crippen LogP contribution in [-0.2, 0) is 37.0 Å². The monoisotopic (exact) mass is 857 g/mol. The van der Waals surface area contributed by atoms with Gasteiger partial charge in [0.05, 0.1) is 15.6 Å². The second kappa shape index (κ2) is 15.4. The number of carbonyl (C=O) groups is 5. The van der Waals surface area contributed by atoms with E-state index in [1.165, 1.54) is 4.90 Å². The van der Waals surface area contributed by atoms with E-state index in [4.69, 9.17) is 9.57 Å². The zero-order valence-corrected chi connectivity index (χ0v) is 32.9. The van der Waals surface area contributed by atoms with E-state index in [9.17, 15) is 29.1 Å². The Kier molecular flexibility index (Phi) is 11.0. The van der Waals surface area contributed by atoms with Crippen LogP contribution in [0.15, 0.2) is 45.3 Å². The number of ketones is 2. The Bertz CT molecular complexity index is 1750. The van der Waals surface area contributed by atoms with Crippen LogP contribution in [0.2, 0.25) is 0 Å². The number of Topliss-reactive ketones (excluding diaryl/α,β-unsaturated/α-hetero) is 2. The van der Waals surface area contributed by atoms with Crippen LogP contribution in [0.25, 0.3) is 0 Å². The van der Waals surface area contributed by atoms with Gasteiger partial charge in [0.2, 0.25) is 11.6 Å². The molecule has 1 unspecified atom stereocenters. The Hall–Kier alpha value is -3.37. The molecule has 1 aliphatic carbocycles. The highest BCUT2D eigenvalue weighted by atomic mass is 79.9. The second-order valence-electron chi connectivity index (χ2n) is 14.8. The Morgan fingerprint density at radius 1 is 0.962 bits per heavy atom. The third kappa shape index (κ3) is 7.03. The quantitative estimate of drug-likeness (QED) is 0.184. The summed E-state index contributed by atoms with van der Waals surface area (Å²) in [6.45, 7) is 4.86. The minimum absolute atomic E-state index is 0.0140. The summed E-state index contributed by atoms with van der Waals surface area (Å²) in [5.74, 6) is -0.548. The van der Waals surface area contributed by atoms with Crippen molar-refractivity contribution in [2.45, 2.75) is 82.1 Å². The Labute approximate surface area is 325 Å². The zero-order valence-electron chi connectivity index (χ0n) is 29.7. The molecule has 4 aliphatic heterocycles. The summed E-state index contributed by atoms with van der Waals surface area (Å²) in [5, 5.41) is 15.2. The summed E-state index contributed by atoms with van der Waals surface area (Å²) < 4.78 is 6.75. The van der Waals surface area contributed by atoms with E-state index in [-0.39, 0.29) is 43.7 Å². The lowest BCUT2D eigenvalue weighted by molar-refractivity contribution is -0.177. The van der Waals surface area contributed by atoms with Crippen molar-refractivity contribution >= 4 is 67.5 Å². The number of phenols is 1. The van der Waals surface area contributed by atoms with Gasteiger partial charge in [-0.15, -0.1) is 0 Å². The van der Waals surface area contributed by atoms with Crippen LogP contribution in [0.4, 0.5) is 15.3 Å². The van der Waals surface area contributed by atoms with Crippen LogP contribution in [-0.4, -0.2) is 111 Å². The lowest BCUT2D eigenvalue weighted by atomic mass is 9.73. The molecule has 1 spiro atoms. The molecule has 1 saturated carbocycles. The van der Waals surface area contributed by atoms with Crippen LogP contribution < -0.4 is 5.32 Å². The molecular weight excluding hydrogens is 814 g/mol. The fourth-order valence-electron chi connectivity index (χ4n) is 9.35. The van der Waals surface area contributed by atoms with Gasteiger partial charge in [0, 0.05) is 57.3 Å². The molecule has 0 radical (unpaired) electrons. The smallest absolute Gasteiger partial charge is 0.411 e. The molecule has 4 fully saturated rings. The van der Waals surface area contributed by atoms with Crippen molar-refractivity contribution in [3.05, 3.63) is 56.5 Å². The van der Waals surface area contributed by atoms with Crippen molar-refractivity contribution in [1.29, 1.82) is 0 Å². The molecule has 284 valence electrons. The molecule has 53 heavy (non-hydrogen) atoms. The van der Waals surface area contributed by atoms with E-state index in [1.807, 2.05) is 41.2 Å². The number of carbonyl (C=O) groups excluding carboxylic acids is 5. The molecule has 0 aromatic heterocycles. The van der Waals surface area contributed by atoms with E-state index in [0.717, 1.165) is 43.5 Å². The molecule has 0 bridgehead atoms. The third-order valence-electron chi connectivity index (χ3n) is 12.0. The number of para-hydroxylation sites is 1. The average molecular weight is 860 g/mol. The first kappa shape index (κ1) is 37.9. The Balaban J connectivity index is 1.20. The van der Waals surface area contributed by atoms with Gasteiger partial charge in [-0.05, 0) is 118 Å². The summed E-state index contributed by atoms with van der Waals surface area (Å²) in [6, 6.07) is 10.3. The number of benzene rings is 2. The van der Waals surface area contributed by atoms with Gasteiger partial charge < -0.3 is 24.9 Å². The van der Waals surface area contributed by atoms with Gasteiger partial charge >= 0.3 is 12.1 Å². The molecule has 3 saturated heterocycles. The number of hydrogen-bond donors (Lipinski definition) is 2. The lowest BCUT2D eigenvalue weighted by Gasteiger charge is -2.58. The van der Waals surface area contributed by atoms with Crippen LogP contribution in [0, 0.1) is 11.8 Å². The maximum atomic E-state index is 14.3. The van der Waals surface area contributed by atoms with E-state index in [0.29, 0.717) is 65.8 Å². The zero-order chi connectivity index (χ0) is 37.5. The highest BCUT2D eigenvalue weighted by Crippen LogP contribution is 2.53. The number of ether oxygens (including phenoxy) is 1. The highest BCUT2D eigenvalue weighted by Gasteiger charge is 2.75. The average Bonchev–Trinajstić information content (AvgIpc) is 3.71. The number of nitrogens with one attached hydrogen (secondary N) is 1. The van der Waals surface area contributed by atoms with Crippen molar-refractivity contribution < 1.29 is 38.7 Å². The molecule has 4 heterocycles. The van der Waals surface area contributed by atoms with Gasteiger partial charge in [-0.1, -0.05) is 18.2 Å². The predicted octanol–water partition coefficient (Wildman–Crippen LogP) is 5.66. The number of aldehydes is 1. The van der Waals surface area contributed by atoms with Gasteiger partial charge in [-0.25, -0.2) is 9.59 Å². The van der Waals surface area contributed by atoms with Crippen LogP contribution in [0.1, 0.15) is 63.0 Å². The third-order valence-corrected chi connectivity index (χ3v) is 13.2. The first-order chi connectivity index (χ1) is 25.5. The lowest BCUT2D eigenvalue weighted by Crippen LogP contribution is -2.72. The number of rotatable bonds is 9. The number of hydrogen-bond acceptors (Lipinski definition) is 10. The maximum Gasteiger partial charge on any atom is 0.411 e. The summed E-state index contributed by atoms with van der Waals surface area (Å²) in [6.07, 6.45) is 3.83. The van der Waals surface area contributed by atoms with Gasteiger partial charge in [-0.2, -0.15) is 5.06 Å². The summed E-state index contributed by atoms with van der Waals surface area (Å²) >= 11 is 6.65. The number of halogens is 2. The molecule has 2 aromatic rings. The van der Waals surface area contributed by atoms with Crippen molar-refractivity contribution in [3.8, 4) is 5.75 Å². The molecule has 3 atom stereocenters. The number of likely N-dealkylation sites (tertiary alicyclic amines) is 2. The standard InChI is InChI=1S/C38H45Br2N5O8/c1-2-53-42-13-7-25(8-14-42)27-10-17-45(38(21-27)33(48)34(38)49)37(12-18-46)22-28(43-15-9-26-5-3-4-6-31(26)41-35(43)50)11-16-44(37)36(51)52-23-24-19-29(39)32(47)30(40)20-24/h3-6,18-20,25,27-28,47H,2,7-17,21-23H2,1H3,(H,41,50)/t27?,28-,37-/m1/s1. The first-order valence-electron chi connectivity index (χ1n) is 18.5. The summed E-state index contributed by atoms with van der Waals surface area (Å²) in [4.78, 5) is 79.1. The number of fused-ring (bicyclic) bond motifs is 1. The van der Waals surface area contributed by atoms with Crippen molar-refractivity contribution in [2.75, 3.05) is 44.6 Å². The van der Waals surface area contributed by atoms with Crippen LogP contribution in [0.3, 0.4) is 0 Å². The van der Waals surface area contributed by atoms with E-state index < -0.39 is 34.9 Å². The van der Waals surface area contributed by atoms with Gasteiger partial charge in [-0.3, -0.25) is 24.2 Å². The molecule has 15 heteroatoms. The largest absolute Gasteiger partial charge is 0.506 e. The van der Waals surface area contributed by atoms with E-state index in [2.05, 4.69) is 37.2 Å². The van der Waals surface area contributed by atoms with Crippen LogP contribution >= 0.6 is 31.9 Å². The number of phenolic OH excluding ortho intramolecular Hbond substituents is 1. The molecule has 2 N–H and O–H groups in total. The minimum Gasteiger partial charge on any atom is -0.506 e. The number of hydroxylamine groups is 2. The first-order valence-corrected chi connectivity index (χ1v) is 20.1. The van der Waals surface area contributed by atoms with Gasteiger partial charge in [0.25, 0.3) is 0 Å². The molecule has 5 aliphatic rings. The molecule has 3 amide bonds. The minimum atomic E-state index is -1.45. The van der Waals surface area contributed by atoms with Crippen LogP contribution in [0.5, 0.6) is 5.75 Å². The predicted molar refractivity (Wildman–Crippen MR) is 201 cm³/mol. The van der Waals surface area contributed by atoms with E-state index >= 15 is 0 Å². The Morgan fingerprint density at radius 2 is 1.66 bits per heavy atom. The number of piperidine rings is 3. The summed E-state index contributed by atoms with van der Waals surface area (Å²) in [7, 11) is 0. The van der Waals surface area contributed by atoms with Crippen molar-refractivity contribution in [2.24, 2.45) is 11.8 Å². The SMILES string of the molecule is CCON1CCC(C2CCN([C@]3(CC=O)C[C@H](N4CCc5ccccc5NC4=O)CCN3C(=O)OCc3cc(Br)c(O)c(Br)c3)C3(C2)C(=O)C3=O)CC1. The number of anilines is 1. The number of amides is 3. The van der Waals surface area contributed by atoms with Crippen molar-refractivity contribution in [1.82, 2.24) is 19.8 Å². The maximum absolute atomic E-state index is 14.3. The number of urea groups is 1. The fourth-order valence-corrected chi connectivity index (χ4v) is 10.6. The Morgan fingerprint density at radius 3 is 2.34 bits per heavy atom. The van der Waals surface area contributed by atoms with E-state index in [1.54, 1.807) is 17.0 Å². The molecule has 2 aromatic carbocycles. The topological polar surface area (TPSA) is 149 Å². The van der Waals surface area contributed by atoms with Gasteiger partial charge in [0.1, 0.15) is 24.3 Å². The number of aromatic hydroxyl groups is 1.